The van der Waals surface area contributed by atoms with Crippen LogP contribution in [0.15, 0.2) is 77.9 Å². The molecule has 0 fully saturated rings. The number of amides is 1. The first-order valence-electron chi connectivity index (χ1n) is 9.52. The summed E-state index contributed by atoms with van der Waals surface area (Å²) in [4.78, 5) is 25.0. The number of nitrogens with one attached hydrogen (secondary N) is 1. The second-order valence-electron chi connectivity index (χ2n) is 6.63. The molecule has 0 saturated heterocycles. The highest BCUT2D eigenvalue weighted by atomic mass is 35.5. The first kappa shape index (κ1) is 21.5. The van der Waals surface area contributed by atoms with Crippen LogP contribution in [0.2, 0.25) is 5.02 Å². The lowest BCUT2D eigenvalue weighted by Crippen LogP contribution is -2.16. The Hall–Kier alpha value is -3.68. The minimum absolute atomic E-state index is 0.377. The molecule has 8 heteroatoms. The number of rotatable bonds is 6. The molecular weight excluding hydrogens is 448 g/mol. The standard InChI is InChI=1S/C24H17ClN2O4S/c1-30-17-12-8-16(9-13-17)24(29)31-18-10-6-15(7-11-18)14-26-27-23(28)22-21(25)19-4-2-3-5-20(19)32-22/h2-14H,1H3,(H,27,28)/b26-14+. The molecule has 0 bridgehead atoms. The maximum Gasteiger partial charge on any atom is 0.343 e. The summed E-state index contributed by atoms with van der Waals surface area (Å²) in [5.74, 6) is 0.204. The van der Waals surface area contributed by atoms with Gasteiger partial charge in [-0.3, -0.25) is 4.79 Å². The van der Waals surface area contributed by atoms with Crippen molar-refractivity contribution in [2.75, 3.05) is 7.11 Å². The van der Waals surface area contributed by atoms with Gasteiger partial charge < -0.3 is 9.47 Å². The van der Waals surface area contributed by atoms with Gasteiger partial charge in [-0.1, -0.05) is 29.8 Å². The number of ether oxygens (including phenoxy) is 2. The van der Waals surface area contributed by atoms with Crippen LogP contribution in [0.5, 0.6) is 11.5 Å². The first-order valence-corrected chi connectivity index (χ1v) is 10.7. The van der Waals surface area contributed by atoms with Gasteiger partial charge in [-0.15, -0.1) is 11.3 Å². The Morgan fingerprint density at radius 3 is 2.34 bits per heavy atom. The minimum atomic E-state index is -0.471. The van der Waals surface area contributed by atoms with E-state index >= 15 is 0 Å². The molecule has 1 heterocycles. The number of thiophene rings is 1. The molecule has 0 aliphatic rings. The lowest BCUT2D eigenvalue weighted by Gasteiger charge is -2.05. The molecule has 160 valence electrons. The Morgan fingerprint density at radius 2 is 1.66 bits per heavy atom. The molecule has 1 N–H and O–H groups in total. The number of halogens is 1. The van der Waals surface area contributed by atoms with Crippen LogP contribution in [0, 0.1) is 0 Å². The van der Waals surface area contributed by atoms with Crippen molar-refractivity contribution in [3.63, 3.8) is 0 Å². The minimum Gasteiger partial charge on any atom is -0.497 e. The molecule has 4 rings (SSSR count). The number of hydrogen-bond donors (Lipinski definition) is 1. The summed E-state index contributed by atoms with van der Waals surface area (Å²) < 4.78 is 11.4. The highest BCUT2D eigenvalue weighted by Gasteiger charge is 2.16. The van der Waals surface area contributed by atoms with Crippen molar-refractivity contribution in [1.82, 2.24) is 5.43 Å². The number of hydrazone groups is 1. The molecule has 0 aliphatic heterocycles. The van der Waals surface area contributed by atoms with Crippen molar-refractivity contribution in [2.45, 2.75) is 0 Å². The Kier molecular flexibility index (Phi) is 6.49. The van der Waals surface area contributed by atoms with Gasteiger partial charge in [0, 0.05) is 10.1 Å². The number of hydrogen-bond acceptors (Lipinski definition) is 6. The van der Waals surface area contributed by atoms with Gasteiger partial charge in [0.1, 0.15) is 16.4 Å². The number of methoxy groups -OCH3 is 1. The predicted molar refractivity (Wildman–Crippen MR) is 126 cm³/mol. The van der Waals surface area contributed by atoms with Gasteiger partial charge >= 0.3 is 5.97 Å². The summed E-state index contributed by atoms with van der Waals surface area (Å²) in [7, 11) is 1.56. The number of fused-ring (bicyclic) bond motifs is 1. The van der Waals surface area contributed by atoms with Crippen molar-refractivity contribution in [3.05, 3.63) is 93.8 Å². The van der Waals surface area contributed by atoms with Crippen molar-refractivity contribution < 1.29 is 19.1 Å². The quantitative estimate of drug-likeness (QED) is 0.176. The number of carbonyl (C=O) groups is 2. The maximum atomic E-state index is 12.4. The van der Waals surface area contributed by atoms with Crippen LogP contribution in [-0.2, 0) is 0 Å². The summed E-state index contributed by atoms with van der Waals surface area (Å²) >= 11 is 7.63. The van der Waals surface area contributed by atoms with Crippen LogP contribution in [-0.4, -0.2) is 25.2 Å². The van der Waals surface area contributed by atoms with Crippen LogP contribution in [0.4, 0.5) is 0 Å². The first-order chi connectivity index (χ1) is 15.5. The molecule has 6 nitrogen and oxygen atoms in total. The lowest BCUT2D eigenvalue weighted by molar-refractivity contribution is 0.0734. The van der Waals surface area contributed by atoms with Crippen molar-refractivity contribution in [1.29, 1.82) is 0 Å². The van der Waals surface area contributed by atoms with Crippen LogP contribution >= 0.6 is 22.9 Å². The third-order valence-corrected chi connectivity index (χ3v) is 6.21. The zero-order chi connectivity index (χ0) is 22.5. The van der Waals surface area contributed by atoms with Crippen LogP contribution in [0.3, 0.4) is 0 Å². The number of esters is 1. The van der Waals surface area contributed by atoms with Gasteiger partial charge in [0.15, 0.2) is 0 Å². The fourth-order valence-corrected chi connectivity index (χ4v) is 4.30. The van der Waals surface area contributed by atoms with E-state index in [1.54, 1.807) is 55.6 Å². The number of benzene rings is 3. The summed E-state index contributed by atoms with van der Waals surface area (Å²) in [6.07, 6.45) is 1.49. The van der Waals surface area contributed by atoms with E-state index in [0.29, 0.717) is 27.0 Å². The largest absolute Gasteiger partial charge is 0.497 e. The van der Waals surface area contributed by atoms with Crippen molar-refractivity contribution in [2.24, 2.45) is 5.10 Å². The average molecular weight is 465 g/mol. The van der Waals surface area contributed by atoms with E-state index in [9.17, 15) is 9.59 Å². The summed E-state index contributed by atoms with van der Waals surface area (Å²) in [5, 5.41) is 5.25. The van der Waals surface area contributed by atoms with Crippen molar-refractivity contribution >= 4 is 51.1 Å². The molecule has 32 heavy (non-hydrogen) atoms. The second kappa shape index (κ2) is 9.64. The fourth-order valence-electron chi connectivity index (χ4n) is 2.89. The topological polar surface area (TPSA) is 77.0 Å². The Morgan fingerprint density at radius 1 is 0.969 bits per heavy atom. The van der Waals surface area contributed by atoms with E-state index in [2.05, 4.69) is 10.5 Å². The normalized spacial score (nSPS) is 10.9. The zero-order valence-corrected chi connectivity index (χ0v) is 18.4. The molecule has 0 spiro atoms. The molecule has 0 aliphatic carbocycles. The Labute approximate surface area is 193 Å². The number of nitrogens with zero attached hydrogens (tertiary/aromatic N) is 1. The third kappa shape index (κ3) is 4.80. The molecule has 3 aromatic carbocycles. The van der Waals surface area contributed by atoms with Gasteiger partial charge in [-0.05, 0) is 60.2 Å². The maximum absolute atomic E-state index is 12.4. The molecule has 0 unspecified atom stereocenters. The van der Waals surface area contributed by atoms with Gasteiger partial charge in [0.05, 0.1) is 23.9 Å². The molecule has 0 atom stereocenters. The molecule has 0 radical (unpaired) electrons. The van der Waals surface area contributed by atoms with Gasteiger partial charge in [-0.25, -0.2) is 10.2 Å². The van der Waals surface area contributed by atoms with Crippen molar-refractivity contribution in [3.8, 4) is 11.5 Å². The van der Waals surface area contributed by atoms with Gasteiger partial charge in [-0.2, -0.15) is 5.10 Å². The van der Waals surface area contributed by atoms with E-state index < -0.39 is 5.97 Å². The van der Waals surface area contributed by atoms with E-state index in [0.717, 1.165) is 15.6 Å². The van der Waals surface area contributed by atoms with E-state index in [-0.39, 0.29) is 5.91 Å². The highest BCUT2D eigenvalue weighted by Crippen LogP contribution is 2.34. The number of carbonyl (C=O) groups excluding carboxylic acids is 2. The van der Waals surface area contributed by atoms with E-state index in [1.807, 2.05) is 24.3 Å². The van der Waals surface area contributed by atoms with E-state index in [4.69, 9.17) is 21.1 Å². The summed E-state index contributed by atoms with van der Waals surface area (Å²) in [6, 6.07) is 20.9. The SMILES string of the molecule is COc1ccc(C(=O)Oc2ccc(/C=N/NC(=O)c3sc4ccccc4c3Cl)cc2)cc1. The molecule has 1 aromatic heterocycles. The second-order valence-corrected chi connectivity index (χ2v) is 8.06. The van der Waals surface area contributed by atoms with Crippen LogP contribution in [0.25, 0.3) is 10.1 Å². The average Bonchev–Trinajstić information content (AvgIpc) is 3.17. The van der Waals surface area contributed by atoms with E-state index in [1.165, 1.54) is 17.6 Å². The predicted octanol–water partition coefficient (Wildman–Crippen LogP) is 5.55. The van der Waals surface area contributed by atoms with Crippen LogP contribution < -0.4 is 14.9 Å². The fraction of sp³-hybridized carbons (Fsp3) is 0.0417. The Bertz CT molecular complexity index is 1300. The van der Waals surface area contributed by atoms with Crippen LogP contribution in [0.1, 0.15) is 25.6 Å². The Balaban J connectivity index is 1.36. The van der Waals surface area contributed by atoms with Gasteiger partial charge in [0.25, 0.3) is 5.91 Å². The summed E-state index contributed by atoms with van der Waals surface area (Å²) in [6.45, 7) is 0. The zero-order valence-electron chi connectivity index (χ0n) is 16.9. The third-order valence-electron chi connectivity index (χ3n) is 4.54. The molecule has 0 saturated carbocycles. The highest BCUT2D eigenvalue weighted by molar-refractivity contribution is 7.21. The smallest absolute Gasteiger partial charge is 0.343 e. The lowest BCUT2D eigenvalue weighted by atomic mass is 10.2. The molecule has 1 amide bonds. The molecule has 4 aromatic rings. The van der Waals surface area contributed by atoms with Gasteiger partial charge in [0.2, 0.25) is 0 Å². The molecular formula is C24H17ClN2O4S. The summed E-state index contributed by atoms with van der Waals surface area (Å²) in [5.41, 5.74) is 3.62. The monoisotopic (exact) mass is 464 g/mol.